The van der Waals surface area contributed by atoms with Gasteiger partial charge in [-0.3, -0.25) is 4.55 Å². The van der Waals surface area contributed by atoms with E-state index in [0.29, 0.717) is 0 Å². The molecule has 2 N–H and O–H groups in total. The van der Waals surface area contributed by atoms with Gasteiger partial charge in [0.1, 0.15) is 5.37 Å². The summed E-state index contributed by atoms with van der Waals surface area (Å²) in [6, 6.07) is 0. The molecule has 0 fully saturated rings. The van der Waals surface area contributed by atoms with Crippen LogP contribution < -0.4 is 5.73 Å². The van der Waals surface area contributed by atoms with E-state index in [1.54, 1.807) is 0 Å². The molecule has 4 nitrogen and oxygen atoms in total. The molecule has 0 aliphatic carbocycles. The summed E-state index contributed by atoms with van der Waals surface area (Å²) >= 11 is 0. The van der Waals surface area contributed by atoms with Crippen LogP contribution in [0.5, 0.6) is 0 Å². The Morgan fingerprint density at radius 3 is 1.86 bits per heavy atom. The quantitative estimate of drug-likeness (QED) is 0.479. The van der Waals surface area contributed by atoms with Crippen LogP contribution in [-0.4, -0.2) is 18.3 Å². The Bertz CT molecular complexity index is 135. The smallest absolute Gasteiger partial charge is 0.282 e. The summed E-state index contributed by atoms with van der Waals surface area (Å²) in [5, 5.41) is -1.42. The average molecular weight is 124 g/mol. The van der Waals surface area contributed by atoms with Gasteiger partial charge < -0.3 is 0 Å². The first-order chi connectivity index (χ1) is 2.94. The zero-order valence-corrected chi connectivity index (χ0v) is 4.57. The summed E-state index contributed by atoms with van der Waals surface area (Å²) in [7, 11) is -4.07. The van der Waals surface area contributed by atoms with E-state index in [1.807, 2.05) is 0 Å². The fourth-order valence-corrected chi connectivity index (χ4v) is 0. The Labute approximate surface area is 42.1 Å². The number of rotatable bonds is 1. The van der Waals surface area contributed by atoms with Crippen molar-refractivity contribution in [3.05, 3.63) is 0 Å². The topological polar surface area (TPSA) is 78.2 Å². The van der Waals surface area contributed by atoms with Crippen molar-refractivity contribution in [2.75, 3.05) is 0 Å². The van der Waals surface area contributed by atoms with E-state index in [1.165, 1.54) is 0 Å². The minimum atomic E-state index is -4.07. The molecule has 0 aromatic rings. The predicted molar refractivity (Wildman–Crippen MR) is 24.1 cm³/mol. The fraction of sp³-hybridized carbons (Fsp3) is 1.00. The second kappa shape index (κ2) is 1.77. The molecule has 0 spiro atoms. The lowest BCUT2D eigenvalue weighted by Crippen LogP contribution is -2.16. The molecule has 0 aliphatic rings. The van der Waals surface area contributed by atoms with Crippen LogP contribution in [0, 0.1) is 0 Å². The summed E-state index contributed by atoms with van der Waals surface area (Å²) in [6.07, 6.45) is 0. The van der Waals surface area contributed by atoms with Gasteiger partial charge in [-0.25, -0.2) is 5.73 Å². The lowest BCUT2D eigenvalue weighted by atomic mass is 10.8. The highest BCUT2D eigenvalue weighted by molar-refractivity contribution is 7.86. The van der Waals surface area contributed by atoms with E-state index in [0.717, 1.165) is 6.92 Å². The molecule has 1 atom stereocenters. The molecule has 0 rings (SSSR count). The van der Waals surface area contributed by atoms with Crippen molar-refractivity contribution < 1.29 is 13.0 Å². The largest absolute Gasteiger partial charge is 0.284 e. The van der Waals surface area contributed by atoms with E-state index < -0.39 is 15.5 Å². The minimum absolute atomic E-state index is 1.08. The van der Waals surface area contributed by atoms with Gasteiger partial charge in [-0.2, -0.15) is 8.42 Å². The van der Waals surface area contributed by atoms with Gasteiger partial charge in [-0.05, 0) is 6.92 Å². The van der Waals surface area contributed by atoms with Crippen LogP contribution in [0.15, 0.2) is 0 Å². The van der Waals surface area contributed by atoms with E-state index in [-0.39, 0.29) is 0 Å². The first-order valence-corrected chi connectivity index (χ1v) is 3.12. The SMILES string of the molecule is CC([NH])S(=O)(=O)O. The molecule has 0 bridgehead atoms. The second-order valence-corrected chi connectivity index (χ2v) is 2.89. The highest BCUT2D eigenvalue weighted by Gasteiger charge is 2.10. The Balaban J connectivity index is 4.10. The Morgan fingerprint density at radius 2 is 1.86 bits per heavy atom. The second-order valence-electron chi connectivity index (χ2n) is 1.16. The normalized spacial score (nSPS) is 16.4. The van der Waals surface area contributed by atoms with Gasteiger partial charge in [0.15, 0.2) is 0 Å². The Hall–Kier alpha value is -0.130. The third kappa shape index (κ3) is 2.55. The van der Waals surface area contributed by atoms with Gasteiger partial charge in [-0.1, -0.05) is 0 Å². The Kier molecular flexibility index (Phi) is 1.74. The molecule has 0 aromatic heterocycles. The molecule has 0 aromatic carbocycles. The number of nitrogens with one attached hydrogen (secondary N) is 1. The standard InChI is InChI=1S/C2H6NO3S/c1-2(3)7(4,5)6/h2-3H,1H3,(H,4,5,6). The van der Waals surface area contributed by atoms with Crippen molar-refractivity contribution in [1.29, 1.82) is 0 Å². The van der Waals surface area contributed by atoms with Gasteiger partial charge in [-0.15, -0.1) is 0 Å². The van der Waals surface area contributed by atoms with Crippen LogP contribution in [0.3, 0.4) is 0 Å². The molecule has 1 unspecified atom stereocenters. The zero-order chi connectivity index (χ0) is 6.08. The van der Waals surface area contributed by atoms with Crippen LogP contribution >= 0.6 is 0 Å². The summed E-state index contributed by atoms with van der Waals surface area (Å²) < 4.78 is 27.3. The van der Waals surface area contributed by atoms with E-state index in [4.69, 9.17) is 10.3 Å². The molecule has 0 saturated heterocycles. The molecule has 5 heteroatoms. The van der Waals surface area contributed by atoms with Gasteiger partial charge in [0.05, 0.1) is 0 Å². The maximum atomic E-state index is 9.70. The first kappa shape index (κ1) is 6.87. The monoisotopic (exact) mass is 124 g/mol. The van der Waals surface area contributed by atoms with Crippen molar-refractivity contribution in [2.24, 2.45) is 0 Å². The summed E-state index contributed by atoms with van der Waals surface area (Å²) in [5.41, 5.74) is 6.39. The van der Waals surface area contributed by atoms with Crippen LogP contribution in [-0.2, 0) is 10.1 Å². The predicted octanol–water partition coefficient (Wildman–Crippen LogP) is -0.497. The number of hydrogen-bond donors (Lipinski definition) is 1. The van der Waals surface area contributed by atoms with E-state index >= 15 is 0 Å². The van der Waals surface area contributed by atoms with Crippen LogP contribution in [0.4, 0.5) is 0 Å². The lowest BCUT2D eigenvalue weighted by molar-refractivity contribution is 0.470. The van der Waals surface area contributed by atoms with Crippen molar-refractivity contribution in [2.45, 2.75) is 12.3 Å². The molecule has 0 aliphatic heterocycles. The van der Waals surface area contributed by atoms with Crippen molar-refractivity contribution in [3.8, 4) is 0 Å². The molecular weight excluding hydrogens is 118 g/mol. The van der Waals surface area contributed by atoms with Gasteiger partial charge in [0, 0.05) is 0 Å². The van der Waals surface area contributed by atoms with Crippen LogP contribution in [0.2, 0.25) is 0 Å². The van der Waals surface area contributed by atoms with Crippen molar-refractivity contribution in [3.63, 3.8) is 0 Å². The lowest BCUT2D eigenvalue weighted by Gasteiger charge is -1.93. The summed E-state index contributed by atoms with van der Waals surface area (Å²) in [4.78, 5) is 0. The minimum Gasteiger partial charge on any atom is -0.284 e. The van der Waals surface area contributed by atoms with Crippen molar-refractivity contribution >= 4 is 10.1 Å². The highest BCUT2D eigenvalue weighted by atomic mass is 32.2. The Morgan fingerprint density at radius 1 is 1.71 bits per heavy atom. The molecule has 1 radical (unpaired) electrons. The molecule has 0 heterocycles. The van der Waals surface area contributed by atoms with E-state index in [9.17, 15) is 8.42 Å². The molecule has 43 valence electrons. The maximum Gasteiger partial charge on any atom is 0.282 e. The van der Waals surface area contributed by atoms with E-state index in [2.05, 4.69) is 0 Å². The number of hydrogen-bond acceptors (Lipinski definition) is 2. The van der Waals surface area contributed by atoms with Gasteiger partial charge in [0.2, 0.25) is 0 Å². The average Bonchev–Trinajstić information content (AvgIpc) is 1.31. The van der Waals surface area contributed by atoms with Gasteiger partial charge in [0.25, 0.3) is 10.1 Å². The van der Waals surface area contributed by atoms with Crippen LogP contribution in [0.25, 0.3) is 0 Å². The third-order valence-corrected chi connectivity index (χ3v) is 1.34. The summed E-state index contributed by atoms with van der Waals surface area (Å²) in [5.74, 6) is 0. The highest BCUT2D eigenvalue weighted by Crippen LogP contribution is 1.86. The molecule has 7 heavy (non-hydrogen) atoms. The fourth-order valence-electron chi connectivity index (χ4n) is 0. The molecule has 0 saturated carbocycles. The third-order valence-electron chi connectivity index (χ3n) is 0.447. The van der Waals surface area contributed by atoms with Gasteiger partial charge >= 0.3 is 0 Å². The molecule has 0 amide bonds. The van der Waals surface area contributed by atoms with Crippen molar-refractivity contribution in [1.82, 2.24) is 5.73 Å². The first-order valence-electron chi connectivity index (χ1n) is 1.62. The van der Waals surface area contributed by atoms with Crippen LogP contribution in [0.1, 0.15) is 6.92 Å². The molecular formula is C2H6NO3S. The summed E-state index contributed by atoms with van der Waals surface area (Å²) in [6.45, 7) is 1.08. The zero-order valence-electron chi connectivity index (χ0n) is 3.75. The maximum absolute atomic E-state index is 9.70.